The molecule has 0 saturated carbocycles. The van der Waals surface area contributed by atoms with Gasteiger partial charge in [0.05, 0.1) is 0 Å². The van der Waals surface area contributed by atoms with E-state index in [0.29, 0.717) is 23.9 Å². The second-order valence-corrected chi connectivity index (χ2v) is 7.96. The van der Waals surface area contributed by atoms with Crippen molar-refractivity contribution in [3.05, 3.63) is 29.3 Å². The third-order valence-corrected chi connectivity index (χ3v) is 6.11. The van der Waals surface area contributed by atoms with Crippen molar-refractivity contribution in [3.8, 4) is 0 Å². The summed E-state index contributed by atoms with van der Waals surface area (Å²) in [4.78, 5) is 17.1. The Hall–Kier alpha value is -1.26. The van der Waals surface area contributed by atoms with E-state index >= 15 is 0 Å². The van der Waals surface area contributed by atoms with Gasteiger partial charge < -0.3 is 15.1 Å². The maximum Gasteiger partial charge on any atom is 0.222 e. The Kier molecular flexibility index (Phi) is 4.68. The zero-order valence-corrected chi connectivity index (χ0v) is 14.8. The quantitative estimate of drug-likeness (QED) is 0.913. The number of rotatable bonds is 3. The lowest BCUT2D eigenvalue weighted by molar-refractivity contribution is -0.132. The third kappa shape index (κ3) is 3.55. The number of nitrogens with zero attached hydrogens (tertiary/aromatic N) is 2. The predicted molar refractivity (Wildman–Crippen MR) is 97.5 cm³/mol. The highest BCUT2D eigenvalue weighted by Crippen LogP contribution is 2.33. The summed E-state index contributed by atoms with van der Waals surface area (Å²) in [7, 11) is 0. The first-order chi connectivity index (χ1) is 11.7. The molecule has 3 heterocycles. The summed E-state index contributed by atoms with van der Waals surface area (Å²) in [6.07, 6.45) is 5.72. The highest BCUT2D eigenvalue weighted by molar-refractivity contribution is 6.30. The second-order valence-electron chi connectivity index (χ2n) is 7.52. The maximum atomic E-state index is 12.7. The van der Waals surface area contributed by atoms with Gasteiger partial charge in [-0.1, -0.05) is 11.6 Å². The van der Waals surface area contributed by atoms with Crippen LogP contribution in [-0.4, -0.2) is 49.1 Å². The normalized spacial score (nSPS) is 29.8. The van der Waals surface area contributed by atoms with Crippen LogP contribution in [0.5, 0.6) is 0 Å². The van der Waals surface area contributed by atoms with Gasteiger partial charge in [-0.25, -0.2) is 0 Å². The molecule has 4 rings (SSSR count). The molecule has 3 aliphatic rings. The highest BCUT2D eigenvalue weighted by atomic mass is 35.5. The lowest BCUT2D eigenvalue weighted by Crippen LogP contribution is -2.49. The lowest BCUT2D eigenvalue weighted by atomic mass is 9.89. The van der Waals surface area contributed by atoms with Gasteiger partial charge in [0.15, 0.2) is 0 Å². The molecule has 2 unspecified atom stereocenters. The molecule has 1 N–H and O–H groups in total. The van der Waals surface area contributed by atoms with Crippen LogP contribution in [0, 0.1) is 5.92 Å². The van der Waals surface area contributed by atoms with Crippen molar-refractivity contribution >= 4 is 23.2 Å². The number of amides is 1. The molecule has 5 heteroatoms. The number of hydrogen-bond acceptors (Lipinski definition) is 3. The summed E-state index contributed by atoms with van der Waals surface area (Å²) >= 11 is 5.96. The number of carbonyl (C=O) groups excluding carboxylic acids is 1. The molecule has 0 aliphatic carbocycles. The van der Waals surface area contributed by atoms with E-state index in [9.17, 15) is 4.79 Å². The maximum absolute atomic E-state index is 12.7. The number of carbonyl (C=O) groups is 1. The molecule has 0 spiro atoms. The molecule has 3 fully saturated rings. The highest BCUT2D eigenvalue weighted by Gasteiger charge is 2.35. The Bertz CT molecular complexity index is 571. The van der Waals surface area contributed by atoms with Crippen molar-refractivity contribution < 1.29 is 4.79 Å². The summed E-state index contributed by atoms with van der Waals surface area (Å²) in [5, 5.41) is 4.43. The standard InChI is InChI=1S/C19H26ClN3O/c20-15-1-5-18(6-2-15)22-7-9-23(10-8-22)19(24)13-14-11-16-3-4-17(12-14)21-16/h1-2,5-6,14,16-17,21H,3-4,7-13H2. The number of benzene rings is 1. The Balaban J connectivity index is 1.27. The fourth-order valence-electron chi connectivity index (χ4n) is 4.58. The molecular formula is C19H26ClN3O. The van der Waals surface area contributed by atoms with Crippen LogP contribution >= 0.6 is 11.6 Å². The van der Waals surface area contributed by atoms with E-state index in [0.717, 1.165) is 37.6 Å². The first-order valence-electron chi connectivity index (χ1n) is 9.22. The van der Waals surface area contributed by atoms with Crippen molar-refractivity contribution in [2.75, 3.05) is 31.1 Å². The predicted octanol–water partition coefficient (Wildman–Crippen LogP) is 2.91. The summed E-state index contributed by atoms with van der Waals surface area (Å²) < 4.78 is 0. The Morgan fingerprint density at radius 2 is 1.67 bits per heavy atom. The third-order valence-electron chi connectivity index (χ3n) is 5.86. The zero-order chi connectivity index (χ0) is 16.5. The van der Waals surface area contributed by atoms with Gasteiger partial charge in [0, 0.05) is 55.4 Å². The summed E-state index contributed by atoms with van der Waals surface area (Å²) in [6, 6.07) is 9.32. The summed E-state index contributed by atoms with van der Waals surface area (Å²) in [5.41, 5.74) is 1.20. The van der Waals surface area contributed by atoms with E-state index in [1.807, 2.05) is 12.1 Å². The van der Waals surface area contributed by atoms with Gasteiger partial charge in [-0.2, -0.15) is 0 Å². The van der Waals surface area contributed by atoms with Crippen LogP contribution in [0.15, 0.2) is 24.3 Å². The minimum absolute atomic E-state index is 0.358. The molecule has 0 radical (unpaired) electrons. The molecule has 3 aliphatic heterocycles. The average molecular weight is 348 g/mol. The van der Waals surface area contributed by atoms with E-state index in [1.165, 1.54) is 31.4 Å². The first kappa shape index (κ1) is 16.2. The molecule has 0 aromatic heterocycles. The van der Waals surface area contributed by atoms with Crippen LogP contribution in [0.25, 0.3) is 0 Å². The van der Waals surface area contributed by atoms with Gasteiger partial charge in [0.1, 0.15) is 0 Å². The molecule has 1 amide bonds. The average Bonchev–Trinajstić information content (AvgIpc) is 2.94. The van der Waals surface area contributed by atoms with Crippen LogP contribution in [0.4, 0.5) is 5.69 Å². The first-order valence-corrected chi connectivity index (χ1v) is 9.59. The van der Waals surface area contributed by atoms with E-state index in [1.54, 1.807) is 0 Å². The van der Waals surface area contributed by atoms with E-state index < -0.39 is 0 Å². The van der Waals surface area contributed by atoms with Crippen molar-refractivity contribution in [3.63, 3.8) is 0 Å². The Morgan fingerprint density at radius 3 is 2.29 bits per heavy atom. The topological polar surface area (TPSA) is 35.6 Å². The van der Waals surface area contributed by atoms with Crippen LogP contribution in [0.3, 0.4) is 0 Å². The van der Waals surface area contributed by atoms with E-state index in [-0.39, 0.29) is 0 Å². The van der Waals surface area contributed by atoms with Crippen molar-refractivity contribution in [2.45, 2.75) is 44.2 Å². The van der Waals surface area contributed by atoms with Crippen LogP contribution in [-0.2, 0) is 4.79 Å². The van der Waals surface area contributed by atoms with Crippen LogP contribution in [0.1, 0.15) is 32.1 Å². The molecule has 24 heavy (non-hydrogen) atoms. The number of piperazine rings is 1. The van der Waals surface area contributed by atoms with Crippen molar-refractivity contribution in [1.82, 2.24) is 10.2 Å². The monoisotopic (exact) mass is 347 g/mol. The summed E-state index contributed by atoms with van der Waals surface area (Å²) in [6.45, 7) is 3.48. The van der Waals surface area contributed by atoms with Gasteiger partial charge in [0.25, 0.3) is 0 Å². The summed E-state index contributed by atoms with van der Waals surface area (Å²) in [5.74, 6) is 0.947. The molecule has 130 valence electrons. The van der Waals surface area contributed by atoms with Gasteiger partial charge >= 0.3 is 0 Å². The van der Waals surface area contributed by atoms with Gasteiger partial charge in [-0.05, 0) is 55.9 Å². The van der Waals surface area contributed by atoms with Gasteiger partial charge in [-0.15, -0.1) is 0 Å². The fourth-order valence-corrected chi connectivity index (χ4v) is 4.71. The Morgan fingerprint density at radius 1 is 1.04 bits per heavy atom. The SMILES string of the molecule is O=C(CC1CC2CCC(C1)N2)N1CCN(c2ccc(Cl)cc2)CC1. The van der Waals surface area contributed by atoms with Crippen LogP contribution in [0.2, 0.25) is 5.02 Å². The van der Waals surface area contributed by atoms with E-state index in [4.69, 9.17) is 11.6 Å². The molecule has 2 atom stereocenters. The van der Waals surface area contributed by atoms with Crippen molar-refractivity contribution in [1.29, 1.82) is 0 Å². The molecule has 3 saturated heterocycles. The van der Waals surface area contributed by atoms with Gasteiger partial charge in [0.2, 0.25) is 5.91 Å². The molecule has 1 aromatic rings. The van der Waals surface area contributed by atoms with E-state index in [2.05, 4.69) is 27.2 Å². The number of halogens is 1. The zero-order valence-electron chi connectivity index (χ0n) is 14.1. The second kappa shape index (κ2) is 6.93. The number of anilines is 1. The minimum Gasteiger partial charge on any atom is -0.368 e. The largest absolute Gasteiger partial charge is 0.368 e. The minimum atomic E-state index is 0.358. The lowest BCUT2D eigenvalue weighted by Gasteiger charge is -2.37. The molecular weight excluding hydrogens is 322 g/mol. The molecule has 4 nitrogen and oxygen atoms in total. The Labute approximate surface area is 149 Å². The number of piperidine rings is 1. The molecule has 1 aromatic carbocycles. The number of nitrogens with one attached hydrogen (secondary N) is 1. The number of fused-ring (bicyclic) bond motifs is 2. The smallest absolute Gasteiger partial charge is 0.222 e. The van der Waals surface area contributed by atoms with Gasteiger partial charge in [-0.3, -0.25) is 4.79 Å². The van der Waals surface area contributed by atoms with Crippen LogP contribution < -0.4 is 10.2 Å². The van der Waals surface area contributed by atoms with Crippen molar-refractivity contribution in [2.24, 2.45) is 5.92 Å². The molecule has 2 bridgehead atoms. The number of hydrogen-bond donors (Lipinski definition) is 1. The fraction of sp³-hybridized carbons (Fsp3) is 0.632.